The van der Waals surface area contributed by atoms with Gasteiger partial charge in [0.15, 0.2) is 9.84 Å². The molecule has 0 aliphatic heterocycles. The summed E-state index contributed by atoms with van der Waals surface area (Å²) in [6.45, 7) is 4.90. The minimum atomic E-state index is -4.96. The van der Waals surface area contributed by atoms with E-state index in [0.717, 1.165) is 10.4 Å². The lowest BCUT2D eigenvalue weighted by Gasteiger charge is -2.31. The first-order valence-corrected chi connectivity index (χ1v) is 14.8. The molecular formula is C23H30F3N3O6S2. The van der Waals surface area contributed by atoms with E-state index in [4.69, 9.17) is 4.74 Å². The minimum Gasteiger partial charge on any atom is -0.465 e. The summed E-state index contributed by atoms with van der Waals surface area (Å²) in [5.74, 6) is -1.32. The zero-order valence-electron chi connectivity index (χ0n) is 20.9. The Kier molecular flexibility index (Phi) is 8.44. The van der Waals surface area contributed by atoms with Crippen LogP contribution in [0.5, 0.6) is 0 Å². The van der Waals surface area contributed by atoms with Gasteiger partial charge in [0, 0.05) is 18.3 Å². The summed E-state index contributed by atoms with van der Waals surface area (Å²) in [5.41, 5.74) is -0.201. The quantitative estimate of drug-likeness (QED) is 0.427. The molecule has 1 aromatic heterocycles. The van der Waals surface area contributed by atoms with Crippen LogP contribution in [0.4, 0.5) is 13.2 Å². The lowest BCUT2D eigenvalue weighted by Crippen LogP contribution is -2.34. The molecule has 206 valence electrons. The summed E-state index contributed by atoms with van der Waals surface area (Å²) in [7, 11) is -7.50. The molecule has 0 saturated heterocycles. The molecule has 0 N–H and O–H groups in total. The topological polar surface area (TPSA) is 116 Å². The van der Waals surface area contributed by atoms with Crippen LogP contribution in [-0.2, 0) is 48.5 Å². The van der Waals surface area contributed by atoms with Gasteiger partial charge < -0.3 is 4.74 Å². The van der Waals surface area contributed by atoms with E-state index in [1.807, 2.05) is 0 Å². The van der Waals surface area contributed by atoms with Gasteiger partial charge in [-0.1, -0.05) is 13.8 Å². The van der Waals surface area contributed by atoms with Gasteiger partial charge in [0.1, 0.15) is 6.54 Å². The van der Waals surface area contributed by atoms with Crippen molar-refractivity contribution in [2.75, 3.05) is 19.4 Å². The van der Waals surface area contributed by atoms with E-state index in [-0.39, 0.29) is 19.1 Å². The Morgan fingerprint density at radius 1 is 1.19 bits per heavy atom. The molecule has 1 heterocycles. The average molecular weight is 566 g/mol. The van der Waals surface area contributed by atoms with Crippen LogP contribution < -0.4 is 0 Å². The number of aromatic nitrogens is 2. The monoisotopic (exact) mass is 565 g/mol. The standard InChI is InChI=1S/C23H30F3N3O6S2/c1-5-35-22(30)13-29-21-8-6-7-20(19(21)12-27-29)28(4)37(33,34)18-10-16(23(24,25)26)9-17(11-18)36(31,32)14-15(2)3/h9-12,15,20H,5-8,13-14H2,1-4H3/t20-/m1/s1. The number of sulfone groups is 1. The first kappa shape index (κ1) is 29.1. The van der Waals surface area contributed by atoms with Crippen molar-refractivity contribution >= 4 is 25.8 Å². The van der Waals surface area contributed by atoms with Crippen LogP contribution in [0.1, 0.15) is 56.5 Å². The first-order valence-electron chi connectivity index (χ1n) is 11.7. The molecule has 3 rings (SSSR count). The lowest BCUT2D eigenvalue weighted by molar-refractivity contribution is -0.144. The minimum absolute atomic E-state index is 0.156. The highest BCUT2D eigenvalue weighted by molar-refractivity contribution is 7.91. The normalized spacial score (nSPS) is 16.7. The molecule has 0 saturated carbocycles. The van der Waals surface area contributed by atoms with E-state index >= 15 is 0 Å². The molecule has 1 aliphatic carbocycles. The van der Waals surface area contributed by atoms with Crippen molar-refractivity contribution in [3.05, 3.63) is 41.2 Å². The molecule has 1 aromatic carbocycles. The zero-order chi connectivity index (χ0) is 27.8. The highest BCUT2D eigenvalue weighted by atomic mass is 32.2. The Hall–Kier alpha value is -2.45. The van der Waals surface area contributed by atoms with Crippen molar-refractivity contribution in [3.8, 4) is 0 Å². The van der Waals surface area contributed by atoms with Gasteiger partial charge in [-0.15, -0.1) is 0 Å². The number of alkyl halides is 3. The molecule has 0 fully saturated rings. The van der Waals surface area contributed by atoms with E-state index in [1.54, 1.807) is 20.8 Å². The van der Waals surface area contributed by atoms with Crippen molar-refractivity contribution in [1.29, 1.82) is 0 Å². The molecule has 1 aliphatic rings. The van der Waals surface area contributed by atoms with Crippen LogP contribution in [0.2, 0.25) is 0 Å². The number of hydrogen-bond acceptors (Lipinski definition) is 7. The molecule has 0 unspecified atom stereocenters. The Morgan fingerprint density at radius 3 is 2.43 bits per heavy atom. The number of hydrogen-bond donors (Lipinski definition) is 0. The predicted molar refractivity (Wildman–Crippen MR) is 128 cm³/mol. The molecular weight excluding hydrogens is 535 g/mol. The molecule has 0 radical (unpaired) electrons. The number of ether oxygens (including phenoxy) is 1. The summed E-state index contributed by atoms with van der Waals surface area (Å²) >= 11 is 0. The summed E-state index contributed by atoms with van der Waals surface area (Å²) in [5, 5.41) is 4.19. The number of carbonyl (C=O) groups excluding carboxylic acids is 1. The van der Waals surface area contributed by atoms with Crippen LogP contribution in [0, 0.1) is 5.92 Å². The molecule has 1 atom stereocenters. The van der Waals surface area contributed by atoms with Crippen LogP contribution in [0.15, 0.2) is 34.2 Å². The van der Waals surface area contributed by atoms with Gasteiger partial charge in [-0.2, -0.15) is 22.6 Å². The largest absolute Gasteiger partial charge is 0.465 e. The van der Waals surface area contributed by atoms with E-state index in [2.05, 4.69) is 5.10 Å². The number of rotatable bonds is 9. The van der Waals surface area contributed by atoms with Gasteiger partial charge in [0.2, 0.25) is 10.0 Å². The fourth-order valence-electron chi connectivity index (χ4n) is 4.37. The van der Waals surface area contributed by atoms with Gasteiger partial charge >= 0.3 is 12.1 Å². The number of fused-ring (bicyclic) bond motifs is 1. The van der Waals surface area contributed by atoms with Crippen LogP contribution in [0.3, 0.4) is 0 Å². The number of halogens is 3. The molecule has 0 amide bonds. The Bertz CT molecular complexity index is 1370. The van der Waals surface area contributed by atoms with E-state index < -0.39 is 59.2 Å². The second kappa shape index (κ2) is 10.7. The summed E-state index contributed by atoms with van der Waals surface area (Å²) < 4.78 is 101. The van der Waals surface area contributed by atoms with Gasteiger partial charge in [-0.3, -0.25) is 9.48 Å². The van der Waals surface area contributed by atoms with Gasteiger partial charge in [0.05, 0.1) is 40.0 Å². The number of carbonyl (C=O) groups is 1. The summed E-state index contributed by atoms with van der Waals surface area (Å²) in [6, 6.07) is 0.936. The van der Waals surface area contributed by atoms with Crippen molar-refractivity contribution < 1.29 is 39.5 Å². The molecule has 0 bridgehead atoms. The Morgan fingerprint density at radius 2 is 1.84 bits per heavy atom. The van der Waals surface area contributed by atoms with Crippen LogP contribution in [0.25, 0.3) is 0 Å². The van der Waals surface area contributed by atoms with Crippen molar-refractivity contribution in [1.82, 2.24) is 14.1 Å². The smallest absolute Gasteiger partial charge is 0.416 e. The first-order chi connectivity index (χ1) is 17.1. The molecule has 0 spiro atoms. The fourth-order valence-corrected chi connectivity index (χ4v) is 7.57. The Balaban J connectivity index is 2.04. The molecule has 2 aromatic rings. The van der Waals surface area contributed by atoms with Gasteiger partial charge in [-0.05, 0) is 50.3 Å². The van der Waals surface area contributed by atoms with E-state index in [9.17, 15) is 34.8 Å². The number of esters is 1. The summed E-state index contributed by atoms with van der Waals surface area (Å²) in [4.78, 5) is 10.5. The highest BCUT2D eigenvalue weighted by Crippen LogP contribution is 2.38. The number of benzene rings is 1. The number of sulfonamides is 1. The SMILES string of the molecule is CCOC(=O)Cn1ncc2c1CCC[C@H]2N(C)S(=O)(=O)c1cc(C(F)(F)F)cc(S(=O)(=O)CC(C)C)c1. The van der Waals surface area contributed by atoms with E-state index in [1.165, 1.54) is 17.9 Å². The third-order valence-electron chi connectivity index (χ3n) is 6.05. The average Bonchev–Trinajstić information content (AvgIpc) is 3.19. The van der Waals surface area contributed by atoms with Gasteiger partial charge in [0.25, 0.3) is 0 Å². The molecule has 9 nitrogen and oxygen atoms in total. The van der Waals surface area contributed by atoms with Crippen LogP contribution >= 0.6 is 0 Å². The maximum Gasteiger partial charge on any atom is 0.416 e. The maximum absolute atomic E-state index is 13.6. The zero-order valence-corrected chi connectivity index (χ0v) is 22.6. The molecule has 37 heavy (non-hydrogen) atoms. The second-order valence-corrected chi connectivity index (χ2v) is 13.3. The Labute approximate surface area is 214 Å². The maximum atomic E-state index is 13.6. The third-order valence-corrected chi connectivity index (χ3v) is 9.95. The second-order valence-electron chi connectivity index (χ2n) is 9.30. The third kappa shape index (κ3) is 6.34. The number of nitrogens with zero attached hydrogens (tertiary/aromatic N) is 3. The van der Waals surface area contributed by atoms with Crippen molar-refractivity contribution in [2.24, 2.45) is 5.92 Å². The summed E-state index contributed by atoms with van der Waals surface area (Å²) in [6.07, 6.45) is -2.08. The molecule has 14 heteroatoms. The predicted octanol–water partition coefficient (Wildman–Crippen LogP) is 3.59. The van der Waals surface area contributed by atoms with Crippen LogP contribution in [-0.4, -0.2) is 56.3 Å². The van der Waals surface area contributed by atoms with Crippen molar-refractivity contribution in [2.45, 2.75) is 68.6 Å². The fraction of sp³-hybridized carbons (Fsp3) is 0.565. The highest BCUT2D eigenvalue weighted by Gasteiger charge is 2.38. The van der Waals surface area contributed by atoms with E-state index in [0.29, 0.717) is 42.7 Å². The van der Waals surface area contributed by atoms with Gasteiger partial charge in [-0.25, -0.2) is 16.8 Å². The lowest BCUT2D eigenvalue weighted by atomic mass is 9.93. The van der Waals surface area contributed by atoms with Crippen molar-refractivity contribution in [3.63, 3.8) is 0 Å².